The van der Waals surface area contributed by atoms with Crippen molar-refractivity contribution in [3.63, 3.8) is 0 Å². The van der Waals surface area contributed by atoms with Crippen molar-refractivity contribution in [3.05, 3.63) is 39.8 Å². The summed E-state index contributed by atoms with van der Waals surface area (Å²) >= 11 is 0. The second-order valence-electron chi connectivity index (χ2n) is 8.09. The molecule has 1 fully saturated rings. The van der Waals surface area contributed by atoms with Crippen molar-refractivity contribution in [2.45, 2.75) is 64.3 Å². The minimum atomic E-state index is -2.92. The first-order chi connectivity index (χ1) is 14.8. The number of anilines is 1. The van der Waals surface area contributed by atoms with Crippen molar-refractivity contribution in [1.82, 2.24) is 10.0 Å². The van der Waals surface area contributed by atoms with Gasteiger partial charge in [-0.1, -0.05) is 12.1 Å². The van der Waals surface area contributed by atoms with Gasteiger partial charge in [0.25, 0.3) is 5.97 Å². The highest BCUT2D eigenvalue weighted by Gasteiger charge is 2.25. The molecule has 1 aliphatic heterocycles. The fraction of sp³-hybridized carbons (Fsp3) is 0.545. The van der Waals surface area contributed by atoms with Gasteiger partial charge in [0.2, 0.25) is 0 Å². The van der Waals surface area contributed by atoms with Crippen molar-refractivity contribution >= 4 is 27.6 Å². The van der Waals surface area contributed by atoms with Gasteiger partial charge >= 0.3 is 6.03 Å². The number of carboxylic acid groups (broad SMARTS) is 1. The Balaban J connectivity index is 0.000000628. The molecule has 0 radical (unpaired) electrons. The highest BCUT2D eigenvalue weighted by molar-refractivity contribution is 7.95. The fourth-order valence-corrected chi connectivity index (χ4v) is 5.46. The third-order valence-electron chi connectivity index (χ3n) is 5.82. The van der Waals surface area contributed by atoms with Crippen LogP contribution < -0.4 is 15.4 Å². The van der Waals surface area contributed by atoms with E-state index in [1.54, 1.807) is 0 Å². The van der Waals surface area contributed by atoms with Crippen LogP contribution in [0.2, 0.25) is 0 Å². The van der Waals surface area contributed by atoms with Crippen molar-refractivity contribution < 1.29 is 18.9 Å². The molecule has 9 heteroatoms. The molecule has 3 aliphatic rings. The molecule has 31 heavy (non-hydrogen) atoms. The number of hydrogen-bond donors (Lipinski definition) is 4. The van der Waals surface area contributed by atoms with E-state index >= 15 is 0 Å². The molecule has 0 aromatic heterocycles. The summed E-state index contributed by atoms with van der Waals surface area (Å²) in [6.45, 7) is 2.05. The molecule has 2 atom stereocenters. The van der Waals surface area contributed by atoms with E-state index in [-0.39, 0.29) is 6.04 Å². The number of carbonyl (C=O) groups excluding carboxylic acids is 1. The number of aryl methyl sites for hydroxylation is 2. The molecule has 4 N–H and O–H groups in total. The molecule has 2 amide bonds. The lowest BCUT2D eigenvalue weighted by Gasteiger charge is -2.17. The first-order valence-electron chi connectivity index (χ1n) is 10.8. The number of carboxylic acids is 1. The predicted molar refractivity (Wildman–Crippen MR) is 123 cm³/mol. The van der Waals surface area contributed by atoms with Crippen LogP contribution in [0.3, 0.4) is 0 Å². The summed E-state index contributed by atoms with van der Waals surface area (Å²) in [4.78, 5) is 21.7. The normalized spacial score (nSPS) is 20.9. The zero-order valence-corrected chi connectivity index (χ0v) is 19.0. The van der Waals surface area contributed by atoms with Gasteiger partial charge in [0.05, 0.1) is 0 Å². The van der Waals surface area contributed by atoms with E-state index in [0.29, 0.717) is 0 Å². The van der Waals surface area contributed by atoms with Crippen molar-refractivity contribution in [1.29, 1.82) is 0 Å². The lowest BCUT2D eigenvalue weighted by molar-refractivity contribution is -0.134. The van der Waals surface area contributed by atoms with Gasteiger partial charge in [-0.25, -0.2) is 18.1 Å². The molecule has 8 nitrogen and oxygen atoms in total. The lowest BCUT2D eigenvalue weighted by Crippen LogP contribution is -2.34. The Morgan fingerprint density at radius 3 is 2.29 bits per heavy atom. The number of benzene rings is 1. The maximum Gasteiger partial charge on any atom is 0.331 e. The van der Waals surface area contributed by atoms with Crippen LogP contribution in [-0.4, -0.2) is 41.0 Å². The third-order valence-corrected chi connectivity index (χ3v) is 7.36. The van der Waals surface area contributed by atoms with Crippen molar-refractivity contribution in [2.24, 2.45) is 4.36 Å². The van der Waals surface area contributed by atoms with Crippen molar-refractivity contribution in [2.75, 3.05) is 18.9 Å². The number of nitrogens with zero attached hydrogens (tertiary/aromatic N) is 1. The Bertz CT molecular complexity index is 953. The van der Waals surface area contributed by atoms with Gasteiger partial charge in [-0.05, 0) is 80.2 Å². The molecule has 1 aromatic carbocycles. The van der Waals surface area contributed by atoms with Crippen LogP contribution >= 0.6 is 0 Å². The lowest BCUT2D eigenvalue weighted by atomic mass is 9.99. The summed E-state index contributed by atoms with van der Waals surface area (Å²) < 4.78 is 19.5. The summed E-state index contributed by atoms with van der Waals surface area (Å²) in [5.74, 6) is -0.833. The summed E-state index contributed by atoms with van der Waals surface area (Å²) in [6, 6.07) is 2.09. The van der Waals surface area contributed by atoms with Crippen LogP contribution in [0.1, 0.15) is 54.9 Å². The SMILES string of the molecule is CC(=O)O.CN=S(=O)(/C=C/C1CCCN1)NC(=O)Nc1c2c(cc3c1CCC3)CCC2. The number of urea groups is 1. The van der Waals surface area contributed by atoms with E-state index in [0.717, 1.165) is 70.5 Å². The zero-order chi connectivity index (χ0) is 22.4. The molecule has 1 heterocycles. The quantitative estimate of drug-likeness (QED) is 0.564. The molecular weight excluding hydrogens is 416 g/mol. The number of amides is 2. The number of aliphatic carboxylic acids is 1. The molecule has 170 valence electrons. The van der Waals surface area contributed by atoms with Crippen LogP contribution in [0.15, 0.2) is 21.9 Å². The van der Waals surface area contributed by atoms with Gasteiger partial charge in [-0.3, -0.25) is 4.79 Å². The highest BCUT2D eigenvalue weighted by atomic mass is 32.2. The van der Waals surface area contributed by atoms with E-state index in [1.165, 1.54) is 34.7 Å². The molecule has 1 saturated heterocycles. The van der Waals surface area contributed by atoms with Crippen LogP contribution in [0.4, 0.5) is 10.5 Å². The number of rotatable bonds is 4. The third kappa shape index (κ3) is 6.07. The first-order valence-corrected chi connectivity index (χ1v) is 12.4. The Morgan fingerprint density at radius 2 is 1.77 bits per heavy atom. The van der Waals surface area contributed by atoms with Crippen LogP contribution in [0.25, 0.3) is 0 Å². The predicted octanol–water partition coefficient (Wildman–Crippen LogP) is 3.15. The van der Waals surface area contributed by atoms with Gasteiger partial charge in [0.15, 0.2) is 9.92 Å². The Hall–Kier alpha value is -2.39. The maximum absolute atomic E-state index is 12.9. The molecule has 0 spiro atoms. The van der Waals surface area contributed by atoms with E-state index in [9.17, 15) is 9.00 Å². The van der Waals surface area contributed by atoms with Gasteiger partial charge in [0, 0.05) is 31.1 Å². The number of hydrogen-bond acceptors (Lipinski definition) is 5. The smallest absolute Gasteiger partial charge is 0.331 e. The summed E-state index contributed by atoms with van der Waals surface area (Å²) in [5, 5.41) is 15.3. The summed E-state index contributed by atoms with van der Waals surface area (Å²) in [5.41, 5.74) is 6.19. The van der Waals surface area contributed by atoms with E-state index in [2.05, 4.69) is 25.8 Å². The Kier molecular flexibility index (Phi) is 7.72. The second-order valence-corrected chi connectivity index (χ2v) is 10.1. The van der Waals surface area contributed by atoms with Crippen LogP contribution in [0, 0.1) is 0 Å². The van der Waals surface area contributed by atoms with Gasteiger partial charge < -0.3 is 15.7 Å². The van der Waals surface area contributed by atoms with Gasteiger partial charge in [-0.2, -0.15) is 0 Å². The molecule has 0 bridgehead atoms. The molecule has 1 aromatic rings. The standard InChI is InChI=1S/C20H28N4O2S.C2H4O2/c1-21-27(26,12-10-16-7-4-11-22-16)24-20(25)23-19-17-8-2-5-14(17)13-15-6-3-9-18(15)19;1-2(3)4/h10,12-13,16,22H,2-9,11H2,1H3,(H2,21,23,24,25,26);1H3,(H,3,4)/b12-10+;. The van der Waals surface area contributed by atoms with E-state index in [1.807, 2.05) is 6.08 Å². The second kappa shape index (κ2) is 10.3. The van der Waals surface area contributed by atoms with Crippen molar-refractivity contribution in [3.8, 4) is 0 Å². The molecule has 4 rings (SSSR count). The monoisotopic (exact) mass is 448 g/mol. The summed E-state index contributed by atoms with van der Waals surface area (Å²) in [6.07, 6.45) is 10.4. The summed E-state index contributed by atoms with van der Waals surface area (Å²) in [7, 11) is -1.44. The van der Waals surface area contributed by atoms with Crippen LogP contribution in [0.5, 0.6) is 0 Å². The fourth-order valence-electron chi connectivity index (χ4n) is 4.46. The number of carbonyl (C=O) groups is 2. The largest absolute Gasteiger partial charge is 0.481 e. The van der Waals surface area contributed by atoms with Gasteiger partial charge in [0.1, 0.15) is 0 Å². The topological polar surface area (TPSA) is 120 Å². The molecule has 2 unspecified atom stereocenters. The van der Waals surface area contributed by atoms with Gasteiger partial charge in [-0.15, -0.1) is 0 Å². The number of fused-ring (bicyclic) bond motifs is 2. The number of nitrogens with one attached hydrogen (secondary N) is 3. The average Bonchev–Trinajstić information content (AvgIpc) is 3.47. The van der Waals surface area contributed by atoms with Crippen LogP contribution in [-0.2, 0) is 40.4 Å². The molecule has 0 saturated carbocycles. The average molecular weight is 449 g/mol. The first kappa shape index (κ1) is 23.3. The molecular formula is C22H32N4O4S. The Labute approximate surface area is 184 Å². The minimum absolute atomic E-state index is 0.207. The minimum Gasteiger partial charge on any atom is -0.481 e. The highest BCUT2D eigenvalue weighted by Crippen LogP contribution is 2.38. The maximum atomic E-state index is 12.9. The van der Waals surface area contributed by atoms with E-state index < -0.39 is 21.9 Å². The van der Waals surface area contributed by atoms with E-state index in [4.69, 9.17) is 9.90 Å². The Morgan fingerprint density at radius 1 is 1.16 bits per heavy atom. The molecule has 2 aliphatic carbocycles. The zero-order valence-electron chi connectivity index (χ0n) is 18.2.